The number of hydrogen-bond acceptors (Lipinski definition) is 4. The number of carbonyl (C=O) groups excluding carboxylic acids is 1. The van der Waals surface area contributed by atoms with Gasteiger partial charge >= 0.3 is 0 Å². The molecule has 0 N–H and O–H groups in total. The fraction of sp³-hybridized carbons (Fsp3) is 0.333. The molecule has 0 spiro atoms. The summed E-state index contributed by atoms with van der Waals surface area (Å²) in [6, 6.07) is 8.32. The Morgan fingerprint density at radius 3 is 3.00 bits per heavy atom. The number of rotatable bonds is 2. The van der Waals surface area contributed by atoms with Gasteiger partial charge < -0.3 is 9.47 Å². The van der Waals surface area contributed by atoms with Crippen molar-refractivity contribution in [1.82, 2.24) is 29.4 Å². The number of imidazole rings is 1. The van der Waals surface area contributed by atoms with Crippen LogP contribution in [0.15, 0.2) is 36.8 Å². The highest BCUT2D eigenvalue weighted by atomic mass is 16.2. The lowest BCUT2D eigenvalue weighted by molar-refractivity contribution is 0.0782. The highest BCUT2D eigenvalue weighted by molar-refractivity contribution is 5.92. The molecule has 7 nitrogen and oxygen atoms in total. The van der Waals surface area contributed by atoms with E-state index in [0.29, 0.717) is 12.2 Å². The van der Waals surface area contributed by atoms with Crippen LogP contribution in [0.2, 0.25) is 0 Å². The minimum atomic E-state index is -0.0555. The van der Waals surface area contributed by atoms with E-state index in [0.717, 1.165) is 24.0 Å². The SMILES string of the molecule is Cn1cc(C(=O)N2CC[C@@H](n3cnc4ccccc43)C2)nn1. The summed E-state index contributed by atoms with van der Waals surface area (Å²) in [5, 5.41) is 7.72. The maximum absolute atomic E-state index is 12.4. The van der Waals surface area contributed by atoms with Gasteiger partial charge in [0.15, 0.2) is 5.69 Å². The third-order valence-electron chi connectivity index (χ3n) is 4.15. The van der Waals surface area contributed by atoms with Gasteiger partial charge in [0.1, 0.15) is 0 Å². The van der Waals surface area contributed by atoms with E-state index in [-0.39, 0.29) is 11.9 Å². The number of aromatic nitrogens is 5. The summed E-state index contributed by atoms with van der Waals surface area (Å²) in [6.07, 6.45) is 4.44. The van der Waals surface area contributed by atoms with E-state index >= 15 is 0 Å². The van der Waals surface area contributed by atoms with E-state index in [1.54, 1.807) is 17.9 Å². The molecule has 1 saturated heterocycles. The first-order valence-corrected chi connectivity index (χ1v) is 7.29. The average Bonchev–Trinajstić information content (AvgIpc) is 3.24. The van der Waals surface area contributed by atoms with Crippen LogP contribution in [0.4, 0.5) is 0 Å². The third-order valence-corrected chi connectivity index (χ3v) is 4.15. The first kappa shape index (κ1) is 13.0. The van der Waals surface area contributed by atoms with E-state index in [9.17, 15) is 4.79 Å². The number of hydrogen-bond donors (Lipinski definition) is 0. The quantitative estimate of drug-likeness (QED) is 0.714. The van der Waals surface area contributed by atoms with E-state index < -0.39 is 0 Å². The van der Waals surface area contributed by atoms with Gasteiger partial charge in [-0.3, -0.25) is 9.48 Å². The van der Waals surface area contributed by atoms with E-state index in [1.165, 1.54) is 0 Å². The number of para-hydroxylation sites is 2. The van der Waals surface area contributed by atoms with Crippen LogP contribution in [0, 0.1) is 0 Å². The van der Waals surface area contributed by atoms with Crippen molar-refractivity contribution in [2.24, 2.45) is 7.05 Å². The molecule has 1 fully saturated rings. The van der Waals surface area contributed by atoms with Crippen LogP contribution in [0.3, 0.4) is 0 Å². The molecular formula is C15H16N6O. The van der Waals surface area contributed by atoms with Crippen LogP contribution in [0.5, 0.6) is 0 Å². The molecule has 0 saturated carbocycles. The summed E-state index contributed by atoms with van der Waals surface area (Å²) >= 11 is 0. The van der Waals surface area contributed by atoms with Gasteiger partial charge in [-0.2, -0.15) is 0 Å². The summed E-state index contributed by atoms with van der Waals surface area (Å²) < 4.78 is 3.71. The topological polar surface area (TPSA) is 68.8 Å². The van der Waals surface area contributed by atoms with Gasteiger partial charge in [0, 0.05) is 20.1 Å². The van der Waals surface area contributed by atoms with E-state index in [1.807, 2.05) is 29.4 Å². The lowest BCUT2D eigenvalue weighted by Gasteiger charge is -2.16. The van der Waals surface area contributed by atoms with Crippen LogP contribution >= 0.6 is 0 Å². The van der Waals surface area contributed by atoms with Crippen LogP contribution in [0.25, 0.3) is 11.0 Å². The Bertz CT molecular complexity index is 835. The van der Waals surface area contributed by atoms with Crippen molar-refractivity contribution in [3.63, 3.8) is 0 Å². The van der Waals surface area contributed by atoms with Crippen molar-refractivity contribution in [3.05, 3.63) is 42.5 Å². The molecule has 0 bridgehead atoms. The maximum atomic E-state index is 12.4. The van der Waals surface area contributed by atoms with E-state index in [2.05, 4.69) is 25.9 Å². The molecule has 3 aromatic rings. The van der Waals surface area contributed by atoms with Gasteiger partial charge in [-0.25, -0.2) is 4.98 Å². The average molecular weight is 296 g/mol. The predicted octanol–water partition coefficient (Wildman–Crippen LogP) is 1.25. The minimum absolute atomic E-state index is 0.0555. The zero-order valence-electron chi connectivity index (χ0n) is 12.3. The smallest absolute Gasteiger partial charge is 0.276 e. The number of amides is 1. The zero-order valence-corrected chi connectivity index (χ0v) is 12.3. The Morgan fingerprint density at radius 1 is 1.32 bits per heavy atom. The molecule has 4 rings (SSSR count). The summed E-state index contributed by atoms with van der Waals surface area (Å²) in [4.78, 5) is 18.7. The van der Waals surface area contributed by atoms with Gasteiger partial charge in [-0.1, -0.05) is 17.3 Å². The second-order valence-electron chi connectivity index (χ2n) is 5.61. The van der Waals surface area contributed by atoms with Crippen LogP contribution in [0.1, 0.15) is 23.0 Å². The Kier molecular flexibility index (Phi) is 2.92. The molecule has 0 radical (unpaired) electrons. The van der Waals surface area contributed by atoms with Gasteiger partial charge in [0.25, 0.3) is 5.91 Å². The predicted molar refractivity (Wildman–Crippen MR) is 80.3 cm³/mol. The van der Waals surface area contributed by atoms with E-state index in [4.69, 9.17) is 0 Å². The number of carbonyl (C=O) groups is 1. The Morgan fingerprint density at radius 2 is 2.18 bits per heavy atom. The zero-order chi connectivity index (χ0) is 15.1. The normalized spacial score (nSPS) is 18.2. The van der Waals surface area contributed by atoms with Gasteiger partial charge in [0.05, 0.1) is 29.6 Å². The van der Waals surface area contributed by atoms with Crippen molar-refractivity contribution >= 4 is 16.9 Å². The number of benzene rings is 1. The molecule has 2 aromatic heterocycles. The number of nitrogens with zero attached hydrogens (tertiary/aromatic N) is 6. The van der Waals surface area contributed by atoms with Crippen LogP contribution in [-0.4, -0.2) is 48.4 Å². The minimum Gasteiger partial charge on any atom is -0.335 e. The fourth-order valence-electron chi connectivity index (χ4n) is 3.03. The molecule has 7 heteroatoms. The number of aryl methyl sites for hydroxylation is 1. The Labute approximate surface area is 127 Å². The molecule has 1 aliphatic rings. The standard InChI is InChI=1S/C15H16N6O/c1-19-9-13(17-18-19)15(22)20-7-6-11(8-20)21-10-16-12-4-2-3-5-14(12)21/h2-5,9-11H,6-8H2,1H3/t11-/m1/s1. The summed E-state index contributed by atoms with van der Waals surface area (Å²) in [5.74, 6) is -0.0555. The lowest BCUT2D eigenvalue weighted by atomic mass is 10.2. The van der Waals surface area contributed by atoms with Crippen molar-refractivity contribution < 1.29 is 4.79 Å². The summed E-state index contributed by atoms with van der Waals surface area (Å²) in [6.45, 7) is 1.41. The van der Waals surface area contributed by atoms with Crippen molar-refractivity contribution in [2.45, 2.75) is 12.5 Å². The highest BCUT2D eigenvalue weighted by Crippen LogP contribution is 2.26. The summed E-state index contributed by atoms with van der Waals surface area (Å²) in [5.41, 5.74) is 2.50. The molecule has 0 aliphatic carbocycles. The largest absolute Gasteiger partial charge is 0.335 e. The molecule has 1 aliphatic heterocycles. The van der Waals surface area contributed by atoms with Crippen molar-refractivity contribution in [1.29, 1.82) is 0 Å². The first-order valence-electron chi connectivity index (χ1n) is 7.29. The van der Waals surface area contributed by atoms with Crippen molar-refractivity contribution in [3.8, 4) is 0 Å². The number of likely N-dealkylation sites (tertiary alicyclic amines) is 1. The molecule has 1 aromatic carbocycles. The molecule has 22 heavy (non-hydrogen) atoms. The summed E-state index contributed by atoms with van der Waals surface area (Å²) in [7, 11) is 1.76. The van der Waals surface area contributed by atoms with Crippen LogP contribution in [-0.2, 0) is 7.05 Å². The highest BCUT2D eigenvalue weighted by Gasteiger charge is 2.29. The fourth-order valence-corrected chi connectivity index (χ4v) is 3.03. The van der Waals surface area contributed by atoms with Gasteiger partial charge in [0.2, 0.25) is 0 Å². The Balaban J connectivity index is 1.56. The second-order valence-corrected chi connectivity index (χ2v) is 5.61. The second kappa shape index (κ2) is 4.94. The lowest BCUT2D eigenvalue weighted by Crippen LogP contribution is -2.29. The van der Waals surface area contributed by atoms with Gasteiger partial charge in [-0.05, 0) is 18.6 Å². The molecule has 3 heterocycles. The molecule has 1 amide bonds. The monoisotopic (exact) mass is 296 g/mol. The molecule has 112 valence electrons. The van der Waals surface area contributed by atoms with Crippen molar-refractivity contribution in [2.75, 3.05) is 13.1 Å². The third kappa shape index (κ3) is 2.05. The van der Waals surface area contributed by atoms with Crippen LogP contribution < -0.4 is 0 Å². The molecule has 1 atom stereocenters. The maximum Gasteiger partial charge on any atom is 0.276 e. The molecular weight excluding hydrogens is 280 g/mol. The first-order chi connectivity index (χ1) is 10.7. The molecule has 0 unspecified atom stereocenters. The Hall–Kier alpha value is -2.70. The van der Waals surface area contributed by atoms with Gasteiger partial charge in [-0.15, -0.1) is 5.10 Å². The number of fused-ring (bicyclic) bond motifs is 1.